The lowest BCUT2D eigenvalue weighted by Gasteiger charge is -2.35. The van der Waals surface area contributed by atoms with Crippen LogP contribution in [0.2, 0.25) is 0 Å². The first-order valence-electron chi connectivity index (χ1n) is 7.20. The van der Waals surface area contributed by atoms with E-state index >= 15 is 0 Å². The fourth-order valence-electron chi connectivity index (χ4n) is 2.82. The Morgan fingerprint density at radius 3 is 2.71 bits per heavy atom. The molecule has 4 N–H and O–H groups in total. The van der Waals surface area contributed by atoms with Gasteiger partial charge in [0.2, 0.25) is 5.91 Å². The minimum Gasteiger partial charge on any atom is -0.409 e. The topological polar surface area (TPSA) is 101 Å². The molecule has 2 rings (SSSR count). The molecule has 1 heterocycles. The number of aromatic nitrogens is 1. The molecule has 0 spiro atoms. The van der Waals surface area contributed by atoms with Crippen LogP contribution in [-0.4, -0.2) is 21.9 Å². The van der Waals surface area contributed by atoms with Crippen LogP contribution >= 0.6 is 11.3 Å². The number of aryl methyl sites for hydroxylation is 1. The van der Waals surface area contributed by atoms with E-state index in [4.69, 9.17) is 10.9 Å². The van der Waals surface area contributed by atoms with Crippen molar-refractivity contribution in [2.24, 2.45) is 16.3 Å². The highest BCUT2D eigenvalue weighted by molar-refractivity contribution is 7.09. The molecule has 1 fully saturated rings. The smallest absolute Gasteiger partial charge is 0.234 e. The first-order chi connectivity index (χ1) is 9.99. The van der Waals surface area contributed by atoms with Crippen molar-refractivity contribution >= 4 is 23.1 Å². The summed E-state index contributed by atoms with van der Waals surface area (Å²) in [6.07, 6.45) is 4.15. The predicted molar refractivity (Wildman–Crippen MR) is 82.3 cm³/mol. The molecule has 0 aromatic carbocycles. The van der Waals surface area contributed by atoms with Crippen molar-refractivity contribution in [3.05, 3.63) is 16.1 Å². The normalized spacial score (nSPS) is 20.0. The van der Waals surface area contributed by atoms with Gasteiger partial charge in [-0.1, -0.05) is 24.4 Å². The van der Waals surface area contributed by atoms with Crippen LogP contribution in [0.3, 0.4) is 0 Å². The molecular formula is C14H22N4O2S. The Hall–Kier alpha value is -1.63. The van der Waals surface area contributed by atoms with Crippen LogP contribution in [-0.2, 0) is 4.79 Å². The maximum absolute atomic E-state index is 12.7. The van der Waals surface area contributed by atoms with Gasteiger partial charge < -0.3 is 16.3 Å². The van der Waals surface area contributed by atoms with Crippen molar-refractivity contribution in [2.45, 2.75) is 52.0 Å². The van der Waals surface area contributed by atoms with E-state index in [1.54, 1.807) is 0 Å². The molecule has 7 heteroatoms. The van der Waals surface area contributed by atoms with Gasteiger partial charge in [-0.25, -0.2) is 4.98 Å². The summed E-state index contributed by atoms with van der Waals surface area (Å²) in [5, 5.41) is 17.9. The quantitative estimate of drug-likeness (QED) is 0.344. The van der Waals surface area contributed by atoms with Crippen molar-refractivity contribution in [3.63, 3.8) is 0 Å². The fraction of sp³-hybridized carbons (Fsp3) is 0.643. The van der Waals surface area contributed by atoms with Crippen molar-refractivity contribution in [1.29, 1.82) is 0 Å². The third-order valence-electron chi connectivity index (χ3n) is 4.09. The van der Waals surface area contributed by atoms with Gasteiger partial charge in [-0.2, -0.15) is 0 Å². The van der Waals surface area contributed by atoms with Crippen molar-refractivity contribution < 1.29 is 10.0 Å². The number of hydrogen-bond donors (Lipinski definition) is 3. The second-order valence-corrected chi connectivity index (χ2v) is 6.54. The van der Waals surface area contributed by atoms with E-state index in [0.717, 1.165) is 30.0 Å². The van der Waals surface area contributed by atoms with Gasteiger partial charge in [0.15, 0.2) is 5.84 Å². The molecule has 6 nitrogen and oxygen atoms in total. The minimum atomic E-state index is -0.881. The molecule has 0 saturated heterocycles. The lowest BCUT2D eigenvalue weighted by Crippen LogP contribution is -2.51. The Morgan fingerprint density at radius 1 is 1.52 bits per heavy atom. The van der Waals surface area contributed by atoms with E-state index in [1.807, 2.05) is 19.2 Å². The fourth-order valence-corrected chi connectivity index (χ4v) is 3.62. The summed E-state index contributed by atoms with van der Waals surface area (Å²) in [7, 11) is 0. The van der Waals surface area contributed by atoms with Gasteiger partial charge in [0.05, 0.1) is 6.04 Å². The molecule has 1 aromatic rings. The maximum Gasteiger partial charge on any atom is 0.234 e. The molecule has 0 bridgehead atoms. The number of thiazole rings is 1. The number of carbonyl (C=O) groups is 1. The Morgan fingerprint density at radius 2 is 2.19 bits per heavy atom. The first kappa shape index (κ1) is 15.8. The third-order valence-corrected chi connectivity index (χ3v) is 5.24. The zero-order chi connectivity index (χ0) is 15.5. The SMILES string of the molecule is Cc1csc(C(C)NC(=O)C2(C(N)=NO)CCCCC2)n1. The van der Waals surface area contributed by atoms with E-state index in [2.05, 4.69) is 15.5 Å². The molecule has 1 aromatic heterocycles. The van der Waals surface area contributed by atoms with E-state index < -0.39 is 5.41 Å². The Labute approximate surface area is 128 Å². The summed E-state index contributed by atoms with van der Waals surface area (Å²) in [6, 6.07) is -0.179. The highest BCUT2D eigenvalue weighted by Crippen LogP contribution is 2.37. The second kappa shape index (κ2) is 6.43. The molecule has 1 aliphatic rings. The van der Waals surface area contributed by atoms with E-state index in [1.165, 1.54) is 11.3 Å². The van der Waals surface area contributed by atoms with Gasteiger partial charge in [0, 0.05) is 11.1 Å². The summed E-state index contributed by atoms with van der Waals surface area (Å²) in [6.45, 7) is 3.83. The summed E-state index contributed by atoms with van der Waals surface area (Å²) in [5.74, 6) is -0.153. The molecule has 1 unspecified atom stereocenters. The van der Waals surface area contributed by atoms with Crippen molar-refractivity contribution in [1.82, 2.24) is 10.3 Å². The Balaban J connectivity index is 2.15. The monoisotopic (exact) mass is 310 g/mol. The van der Waals surface area contributed by atoms with Gasteiger partial charge in [-0.05, 0) is 26.7 Å². The molecule has 0 radical (unpaired) electrons. The maximum atomic E-state index is 12.7. The van der Waals surface area contributed by atoms with Crippen LogP contribution in [0.5, 0.6) is 0 Å². The predicted octanol–water partition coefficient (Wildman–Crippen LogP) is 2.33. The molecule has 1 saturated carbocycles. The highest BCUT2D eigenvalue weighted by Gasteiger charge is 2.44. The molecule has 1 aliphatic carbocycles. The molecule has 1 atom stereocenters. The van der Waals surface area contributed by atoms with Gasteiger partial charge in [0.25, 0.3) is 0 Å². The number of amides is 1. The van der Waals surface area contributed by atoms with Gasteiger partial charge in [-0.15, -0.1) is 11.3 Å². The summed E-state index contributed by atoms with van der Waals surface area (Å²) in [4.78, 5) is 17.1. The summed E-state index contributed by atoms with van der Waals surface area (Å²) >= 11 is 1.52. The largest absolute Gasteiger partial charge is 0.409 e. The number of nitrogens with one attached hydrogen (secondary N) is 1. The average molecular weight is 310 g/mol. The van der Waals surface area contributed by atoms with E-state index in [0.29, 0.717) is 12.8 Å². The van der Waals surface area contributed by atoms with E-state index in [9.17, 15) is 4.79 Å². The molecule has 116 valence electrons. The van der Waals surface area contributed by atoms with Crippen LogP contribution in [0, 0.1) is 12.3 Å². The van der Waals surface area contributed by atoms with Gasteiger partial charge in [-0.3, -0.25) is 4.79 Å². The molecule has 0 aliphatic heterocycles. The molecule has 1 amide bonds. The number of amidine groups is 1. The number of nitrogens with two attached hydrogens (primary N) is 1. The Kier molecular flexibility index (Phi) is 4.82. The highest BCUT2D eigenvalue weighted by atomic mass is 32.1. The van der Waals surface area contributed by atoms with Crippen molar-refractivity contribution in [2.75, 3.05) is 0 Å². The van der Waals surface area contributed by atoms with Crippen molar-refractivity contribution in [3.8, 4) is 0 Å². The zero-order valence-corrected chi connectivity index (χ0v) is 13.2. The molecular weight excluding hydrogens is 288 g/mol. The standard InChI is InChI=1S/C14H22N4O2S/c1-9-8-21-11(16-9)10(2)17-13(19)14(12(15)18-20)6-4-3-5-7-14/h8,10,20H,3-7H2,1-2H3,(H2,15,18)(H,17,19). The van der Waals surface area contributed by atoms with Crippen LogP contribution in [0.25, 0.3) is 0 Å². The Bertz CT molecular complexity index is 535. The zero-order valence-electron chi connectivity index (χ0n) is 12.4. The number of oxime groups is 1. The molecule has 21 heavy (non-hydrogen) atoms. The van der Waals surface area contributed by atoms with Crippen LogP contribution in [0.4, 0.5) is 0 Å². The van der Waals surface area contributed by atoms with Crippen LogP contribution < -0.4 is 11.1 Å². The first-order valence-corrected chi connectivity index (χ1v) is 8.08. The number of carbonyl (C=O) groups excluding carboxylic acids is 1. The van der Waals surface area contributed by atoms with Gasteiger partial charge >= 0.3 is 0 Å². The summed E-state index contributed by atoms with van der Waals surface area (Å²) in [5.41, 5.74) is 5.89. The average Bonchev–Trinajstić information content (AvgIpc) is 2.93. The number of hydrogen-bond acceptors (Lipinski definition) is 5. The number of rotatable bonds is 4. The summed E-state index contributed by atoms with van der Waals surface area (Å²) < 4.78 is 0. The number of nitrogens with zero attached hydrogens (tertiary/aromatic N) is 2. The van der Waals surface area contributed by atoms with Crippen LogP contribution in [0.15, 0.2) is 10.5 Å². The van der Waals surface area contributed by atoms with Gasteiger partial charge in [0.1, 0.15) is 10.4 Å². The lowest BCUT2D eigenvalue weighted by molar-refractivity contribution is -0.129. The lowest BCUT2D eigenvalue weighted by atomic mass is 9.72. The minimum absolute atomic E-state index is 0.0159. The van der Waals surface area contributed by atoms with Crippen LogP contribution in [0.1, 0.15) is 55.8 Å². The third kappa shape index (κ3) is 3.18. The second-order valence-electron chi connectivity index (χ2n) is 5.65. The van der Waals surface area contributed by atoms with E-state index in [-0.39, 0.29) is 17.8 Å².